The van der Waals surface area contributed by atoms with Crippen LogP contribution in [0.5, 0.6) is 0 Å². The van der Waals surface area contributed by atoms with Crippen molar-refractivity contribution in [1.29, 1.82) is 0 Å². The minimum absolute atomic E-state index is 0.150. The minimum atomic E-state index is 0.150. The van der Waals surface area contributed by atoms with Gasteiger partial charge in [0.1, 0.15) is 0 Å². The normalized spacial score (nSPS) is 18.2. The molecule has 1 saturated carbocycles. The first-order chi connectivity index (χ1) is 10.2. The van der Waals surface area contributed by atoms with Crippen molar-refractivity contribution in [3.8, 4) is 0 Å². The average Bonchev–Trinajstić information content (AvgIpc) is 2.43. The van der Waals surface area contributed by atoms with Gasteiger partial charge in [-0.1, -0.05) is 30.2 Å². The van der Waals surface area contributed by atoms with Gasteiger partial charge < -0.3 is 15.2 Å². The van der Waals surface area contributed by atoms with E-state index in [9.17, 15) is 0 Å². The van der Waals surface area contributed by atoms with Crippen LogP contribution in [0.3, 0.4) is 0 Å². The molecule has 4 heteroatoms. The van der Waals surface area contributed by atoms with Crippen LogP contribution in [0, 0.1) is 0 Å². The Morgan fingerprint density at radius 1 is 1.19 bits per heavy atom. The van der Waals surface area contributed by atoms with Gasteiger partial charge in [-0.05, 0) is 43.4 Å². The summed E-state index contributed by atoms with van der Waals surface area (Å²) in [5.74, 6) is 0. The summed E-state index contributed by atoms with van der Waals surface area (Å²) in [6.07, 6.45) is 5.62. The molecule has 1 aromatic carbocycles. The standard InChI is InChI=1S/C17H26ClNO2/c1-20-12-13-21-11-2-4-16(19)17(9-3-10-17)14-5-7-15(18)8-6-14/h5-8,16H,2-4,9-13,19H2,1H3. The first-order valence-electron chi connectivity index (χ1n) is 7.77. The Hall–Kier alpha value is -0.610. The lowest BCUT2D eigenvalue weighted by Crippen LogP contribution is -2.50. The van der Waals surface area contributed by atoms with E-state index in [0.717, 1.165) is 24.5 Å². The maximum atomic E-state index is 6.51. The van der Waals surface area contributed by atoms with Gasteiger partial charge in [-0.15, -0.1) is 0 Å². The van der Waals surface area contributed by atoms with Gasteiger partial charge in [0.2, 0.25) is 0 Å². The Bertz CT molecular complexity index is 417. The van der Waals surface area contributed by atoms with Gasteiger partial charge in [-0.3, -0.25) is 0 Å². The van der Waals surface area contributed by atoms with Gasteiger partial charge in [-0.25, -0.2) is 0 Å². The number of rotatable bonds is 9. The van der Waals surface area contributed by atoms with Crippen LogP contribution in [0.25, 0.3) is 0 Å². The van der Waals surface area contributed by atoms with Crippen molar-refractivity contribution >= 4 is 11.6 Å². The minimum Gasteiger partial charge on any atom is -0.382 e. The first-order valence-corrected chi connectivity index (χ1v) is 8.15. The number of ether oxygens (including phenoxy) is 2. The summed E-state index contributed by atoms with van der Waals surface area (Å²) >= 11 is 5.99. The van der Waals surface area contributed by atoms with Crippen LogP contribution < -0.4 is 5.73 Å². The van der Waals surface area contributed by atoms with Gasteiger partial charge in [0.15, 0.2) is 0 Å². The number of benzene rings is 1. The number of hydrogen-bond acceptors (Lipinski definition) is 3. The molecule has 0 bridgehead atoms. The molecule has 118 valence electrons. The lowest BCUT2D eigenvalue weighted by molar-refractivity contribution is 0.0656. The molecule has 0 saturated heterocycles. The van der Waals surface area contributed by atoms with Crippen LogP contribution in [-0.2, 0) is 14.9 Å². The zero-order valence-corrected chi connectivity index (χ0v) is 13.6. The number of hydrogen-bond donors (Lipinski definition) is 1. The Morgan fingerprint density at radius 2 is 1.90 bits per heavy atom. The molecular weight excluding hydrogens is 286 g/mol. The van der Waals surface area contributed by atoms with E-state index in [0.29, 0.717) is 13.2 Å². The molecule has 1 fully saturated rings. The summed E-state index contributed by atoms with van der Waals surface area (Å²) in [5, 5.41) is 0.785. The fourth-order valence-electron chi connectivity index (χ4n) is 3.14. The van der Waals surface area contributed by atoms with Crippen LogP contribution in [0.15, 0.2) is 24.3 Å². The monoisotopic (exact) mass is 311 g/mol. The second kappa shape index (κ2) is 8.14. The molecule has 21 heavy (non-hydrogen) atoms. The average molecular weight is 312 g/mol. The first kappa shape index (κ1) is 16.8. The zero-order chi connectivity index (χ0) is 15.1. The van der Waals surface area contributed by atoms with E-state index in [-0.39, 0.29) is 11.5 Å². The van der Waals surface area contributed by atoms with Crippen molar-refractivity contribution in [2.45, 2.75) is 43.6 Å². The van der Waals surface area contributed by atoms with Crippen LogP contribution >= 0.6 is 11.6 Å². The molecule has 0 aliphatic heterocycles. The lowest BCUT2D eigenvalue weighted by Gasteiger charge is -2.47. The predicted molar refractivity (Wildman–Crippen MR) is 86.9 cm³/mol. The van der Waals surface area contributed by atoms with Gasteiger partial charge in [0.25, 0.3) is 0 Å². The maximum absolute atomic E-state index is 6.51. The topological polar surface area (TPSA) is 44.5 Å². The summed E-state index contributed by atoms with van der Waals surface area (Å²) in [6.45, 7) is 2.07. The lowest BCUT2D eigenvalue weighted by atomic mass is 9.59. The van der Waals surface area contributed by atoms with E-state index in [2.05, 4.69) is 12.1 Å². The van der Waals surface area contributed by atoms with E-state index >= 15 is 0 Å². The highest BCUT2D eigenvalue weighted by Gasteiger charge is 2.43. The van der Waals surface area contributed by atoms with E-state index in [1.54, 1.807) is 7.11 Å². The number of nitrogens with two attached hydrogens (primary N) is 1. The van der Waals surface area contributed by atoms with E-state index in [1.807, 2.05) is 12.1 Å². The van der Waals surface area contributed by atoms with Gasteiger partial charge >= 0.3 is 0 Å². The second-order valence-electron chi connectivity index (χ2n) is 5.87. The summed E-state index contributed by atoms with van der Waals surface area (Å²) in [6, 6.07) is 8.40. The number of halogens is 1. The van der Waals surface area contributed by atoms with Gasteiger partial charge in [-0.2, -0.15) is 0 Å². The second-order valence-corrected chi connectivity index (χ2v) is 6.31. The molecule has 0 heterocycles. The Morgan fingerprint density at radius 3 is 2.48 bits per heavy atom. The molecule has 1 aliphatic carbocycles. The molecule has 3 nitrogen and oxygen atoms in total. The van der Waals surface area contributed by atoms with Crippen molar-refractivity contribution in [3.05, 3.63) is 34.9 Å². The van der Waals surface area contributed by atoms with Crippen molar-refractivity contribution in [2.24, 2.45) is 5.73 Å². The van der Waals surface area contributed by atoms with Crippen LogP contribution in [-0.4, -0.2) is 33.0 Å². The molecule has 0 aromatic heterocycles. The third kappa shape index (κ3) is 4.19. The van der Waals surface area contributed by atoms with Crippen LogP contribution in [0.4, 0.5) is 0 Å². The van der Waals surface area contributed by atoms with Crippen molar-refractivity contribution in [2.75, 3.05) is 26.9 Å². The summed E-state index contributed by atoms with van der Waals surface area (Å²) < 4.78 is 10.5. The third-order valence-corrected chi connectivity index (χ3v) is 4.86. The SMILES string of the molecule is COCCOCCCC(N)C1(c2ccc(Cl)cc2)CCC1. The Kier molecular flexibility index (Phi) is 6.49. The highest BCUT2D eigenvalue weighted by Crippen LogP contribution is 2.47. The molecule has 2 rings (SSSR count). The number of methoxy groups -OCH3 is 1. The van der Waals surface area contributed by atoms with Crippen molar-refractivity contribution in [1.82, 2.24) is 0 Å². The summed E-state index contributed by atoms with van der Waals surface area (Å²) in [7, 11) is 1.69. The molecule has 1 unspecified atom stereocenters. The third-order valence-electron chi connectivity index (χ3n) is 4.61. The van der Waals surface area contributed by atoms with E-state index in [1.165, 1.54) is 24.8 Å². The van der Waals surface area contributed by atoms with E-state index < -0.39 is 0 Å². The molecule has 1 aromatic rings. The highest BCUT2D eigenvalue weighted by molar-refractivity contribution is 6.30. The van der Waals surface area contributed by atoms with Gasteiger partial charge in [0, 0.05) is 30.2 Å². The maximum Gasteiger partial charge on any atom is 0.0700 e. The molecule has 2 N–H and O–H groups in total. The fourth-order valence-corrected chi connectivity index (χ4v) is 3.26. The summed E-state index contributed by atoms with van der Waals surface area (Å²) in [4.78, 5) is 0. The Balaban J connectivity index is 1.84. The van der Waals surface area contributed by atoms with Crippen LogP contribution in [0.1, 0.15) is 37.7 Å². The molecular formula is C17H26ClNO2. The van der Waals surface area contributed by atoms with Crippen LogP contribution in [0.2, 0.25) is 5.02 Å². The van der Waals surface area contributed by atoms with E-state index in [4.69, 9.17) is 26.8 Å². The highest BCUT2D eigenvalue weighted by atomic mass is 35.5. The molecule has 1 atom stereocenters. The molecule has 0 radical (unpaired) electrons. The fraction of sp³-hybridized carbons (Fsp3) is 0.647. The smallest absolute Gasteiger partial charge is 0.0700 e. The van der Waals surface area contributed by atoms with Gasteiger partial charge in [0.05, 0.1) is 13.2 Å². The molecule has 1 aliphatic rings. The molecule has 0 amide bonds. The Labute approximate surface area is 132 Å². The molecule has 0 spiro atoms. The largest absolute Gasteiger partial charge is 0.382 e. The zero-order valence-electron chi connectivity index (χ0n) is 12.8. The summed E-state index contributed by atoms with van der Waals surface area (Å²) in [5.41, 5.74) is 8.00. The quantitative estimate of drug-likeness (QED) is 0.710. The van der Waals surface area contributed by atoms with Crippen molar-refractivity contribution in [3.63, 3.8) is 0 Å². The van der Waals surface area contributed by atoms with Crippen molar-refractivity contribution < 1.29 is 9.47 Å². The predicted octanol–water partition coefficient (Wildman–Crippen LogP) is 3.53.